The van der Waals surface area contributed by atoms with Gasteiger partial charge in [0, 0.05) is 17.4 Å². The predicted molar refractivity (Wildman–Crippen MR) is 100 cm³/mol. The van der Waals surface area contributed by atoms with Crippen molar-refractivity contribution in [1.82, 2.24) is 14.5 Å². The molecule has 1 N–H and O–H groups in total. The topological polar surface area (TPSA) is 77.0 Å². The standard InChI is InChI=1S/C18H21N3O3S/c1-4-13(17(23)24-6-3)25-18-20-14-11-9-7-8-10-12(11)19-15(14)16(22)21(18)5-2/h7-10,13,19H,4-6H2,1-3H3. The number of aromatic nitrogens is 3. The molecular formula is C18H21N3O3S. The zero-order chi connectivity index (χ0) is 18.0. The first kappa shape index (κ1) is 17.5. The minimum Gasteiger partial charge on any atom is -0.465 e. The molecule has 0 saturated heterocycles. The summed E-state index contributed by atoms with van der Waals surface area (Å²) >= 11 is 1.29. The fraction of sp³-hybridized carbons (Fsp3) is 0.389. The van der Waals surface area contributed by atoms with E-state index in [2.05, 4.69) is 4.98 Å². The molecule has 0 aliphatic carbocycles. The first-order valence-corrected chi connectivity index (χ1v) is 9.33. The molecule has 25 heavy (non-hydrogen) atoms. The van der Waals surface area contributed by atoms with Crippen LogP contribution in [0.3, 0.4) is 0 Å². The molecular weight excluding hydrogens is 338 g/mol. The molecule has 3 rings (SSSR count). The number of carbonyl (C=O) groups is 1. The van der Waals surface area contributed by atoms with Crippen LogP contribution in [0.15, 0.2) is 34.2 Å². The molecule has 0 amide bonds. The molecule has 1 aromatic carbocycles. The van der Waals surface area contributed by atoms with E-state index >= 15 is 0 Å². The van der Waals surface area contributed by atoms with E-state index in [1.54, 1.807) is 11.5 Å². The summed E-state index contributed by atoms with van der Waals surface area (Å²) in [4.78, 5) is 32.9. The molecule has 2 heterocycles. The van der Waals surface area contributed by atoms with Gasteiger partial charge in [-0.05, 0) is 26.3 Å². The summed E-state index contributed by atoms with van der Waals surface area (Å²) in [5, 5.41) is 1.07. The Bertz CT molecular complexity index is 977. The van der Waals surface area contributed by atoms with Crippen LogP contribution in [-0.2, 0) is 16.1 Å². The van der Waals surface area contributed by atoms with Crippen molar-refractivity contribution >= 4 is 39.7 Å². The minimum absolute atomic E-state index is 0.120. The lowest BCUT2D eigenvalue weighted by Crippen LogP contribution is -2.25. The van der Waals surface area contributed by atoms with E-state index < -0.39 is 0 Å². The number of carbonyl (C=O) groups excluding carboxylic acids is 1. The van der Waals surface area contributed by atoms with Gasteiger partial charge in [0.15, 0.2) is 5.16 Å². The average Bonchev–Trinajstić information content (AvgIpc) is 2.99. The highest BCUT2D eigenvalue weighted by Crippen LogP contribution is 2.28. The van der Waals surface area contributed by atoms with Crippen molar-refractivity contribution in [2.75, 3.05) is 6.61 Å². The number of para-hydroxylation sites is 1. The van der Waals surface area contributed by atoms with Gasteiger partial charge >= 0.3 is 5.97 Å². The summed E-state index contributed by atoms with van der Waals surface area (Å²) in [6.45, 7) is 6.43. The quantitative estimate of drug-likeness (QED) is 0.415. The summed E-state index contributed by atoms with van der Waals surface area (Å²) in [6.07, 6.45) is 0.606. The average molecular weight is 359 g/mol. The number of rotatable bonds is 6. The molecule has 0 bridgehead atoms. The first-order valence-electron chi connectivity index (χ1n) is 8.45. The number of esters is 1. The molecule has 0 aliphatic rings. The number of nitrogens with one attached hydrogen (secondary N) is 1. The van der Waals surface area contributed by atoms with Crippen molar-refractivity contribution in [3.05, 3.63) is 34.6 Å². The monoisotopic (exact) mass is 359 g/mol. The number of aromatic amines is 1. The van der Waals surface area contributed by atoms with E-state index in [1.807, 2.05) is 38.1 Å². The molecule has 3 aromatic rings. The Morgan fingerprint density at radius 3 is 2.76 bits per heavy atom. The van der Waals surface area contributed by atoms with Crippen LogP contribution < -0.4 is 5.56 Å². The van der Waals surface area contributed by atoms with Crippen LogP contribution in [0.1, 0.15) is 27.2 Å². The van der Waals surface area contributed by atoms with Gasteiger partial charge in [0.05, 0.1) is 6.61 Å². The highest BCUT2D eigenvalue weighted by molar-refractivity contribution is 8.00. The molecule has 0 radical (unpaired) electrons. The van der Waals surface area contributed by atoms with E-state index in [1.165, 1.54) is 11.8 Å². The van der Waals surface area contributed by atoms with Gasteiger partial charge in [-0.2, -0.15) is 0 Å². The number of nitrogens with zero attached hydrogens (tertiary/aromatic N) is 2. The maximum absolute atomic E-state index is 12.9. The van der Waals surface area contributed by atoms with Crippen molar-refractivity contribution in [1.29, 1.82) is 0 Å². The predicted octanol–water partition coefficient (Wildman–Crippen LogP) is 3.33. The Hall–Kier alpha value is -2.28. The van der Waals surface area contributed by atoms with Crippen LogP contribution in [0.25, 0.3) is 21.9 Å². The number of benzene rings is 1. The summed E-state index contributed by atoms with van der Waals surface area (Å²) in [7, 11) is 0. The van der Waals surface area contributed by atoms with E-state index in [-0.39, 0.29) is 16.8 Å². The first-order chi connectivity index (χ1) is 12.1. The molecule has 1 atom stereocenters. The van der Waals surface area contributed by atoms with Crippen molar-refractivity contribution in [2.45, 2.75) is 44.1 Å². The minimum atomic E-state index is -0.382. The second-order valence-electron chi connectivity index (χ2n) is 5.60. The molecule has 1 unspecified atom stereocenters. The van der Waals surface area contributed by atoms with Gasteiger partial charge in [-0.25, -0.2) is 4.98 Å². The summed E-state index contributed by atoms with van der Waals surface area (Å²) < 4.78 is 6.73. The van der Waals surface area contributed by atoms with Gasteiger partial charge < -0.3 is 9.72 Å². The Kier molecular flexibility index (Phi) is 5.13. The van der Waals surface area contributed by atoms with Crippen molar-refractivity contribution in [2.24, 2.45) is 0 Å². The van der Waals surface area contributed by atoms with E-state index in [9.17, 15) is 9.59 Å². The zero-order valence-corrected chi connectivity index (χ0v) is 15.4. The lowest BCUT2D eigenvalue weighted by atomic mass is 10.2. The zero-order valence-electron chi connectivity index (χ0n) is 14.5. The van der Waals surface area contributed by atoms with Crippen LogP contribution in [0, 0.1) is 0 Å². The van der Waals surface area contributed by atoms with Crippen molar-refractivity contribution < 1.29 is 9.53 Å². The molecule has 7 heteroatoms. The molecule has 0 saturated carbocycles. The fourth-order valence-corrected chi connectivity index (χ4v) is 3.87. The van der Waals surface area contributed by atoms with E-state index in [4.69, 9.17) is 9.72 Å². The number of fused-ring (bicyclic) bond motifs is 3. The van der Waals surface area contributed by atoms with Crippen LogP contribution in [0.4, 0.5) is 0 Å². The van der Waals surface area contributed by atoms with Crippen LogP contribution in [0.2, 0.25) is 0 Å². The van der Waals surface area contributed by atoms with Crippen LogP contribution >= 0.6 is 11.8 Å². The third-order valence-electron chi connectivity index (χ3n) is 4.06. The second-order valence-corrected chi connectivity index (χ2v) is 6.77. The molecule has 0 fully saturated rings. The van der Waals surface area contributed by atoms with Crippen LogP contribution in [0.5, 0.6) is 0 Å². The maximum Gasteiger partial charge on any atom is 0.319 e. The molecule has 0 aliphatic heterocycles. The smallest absolute Gasteiger partial charge is 0.319 e. The van der Waals surface area contributed by atoms with Crippen LogP contribution in [-0.4, -0.2) is 32.4 Å². The molecule has 6 nitrogen and oxygen atoms in total. The normalized spacial score (nSPS) is 12.6. The number of H-pyrrole nitrogens is 1. The van der Waals surface area contributed by atoms with Gasteiger partial charge in [0.2, 0.25) is 0 Å². The van der Waals surface area contributed by atoms with Crippen molar-refractivity contribution in [3.63, 3.8) is 0 Å². The van der Waals surface area contributed by atoms with Gasteiger partial charge in [-0.1, -0.05) is 36.9 Å². The highest BCUT2D eigenvalue weighted by atomic mass is 32.2. The number of ether oxygens (including phenoxy) is 1. The lowest BCUT2D eigenvalue weighted by molar-refractivity contribution is -0.142. The van der Waals surface area contributed by atoms with Gasteiger partial charge in [-0.15, -0.1) is 0 Å². The summed E-state index contributed by atoms with van der Waals surface area (Å²) in [5.74, 6) is -0.272. The van der Waals surface area contributed by atoms with Gasteiger partial charge in [0.1, 0.15) is 16.3 Å². The maximum atomic E-state index is 12.9. The Morgan fingerprint density at radius 1 is 1.32 bits per heavy atom. The van der Waals surface area contributed by atoms with E-state index in [0.29, 0.717) is 35.8 Å². The fourth-order valence-electron chi connectivity index (χ4n) is 2.81. The van der Waals surface area contributed by atoms with Gasteiger partial charge in [-0.3, -0.25) is 14.2 Å². The van der Waals surface area contributed by atoms with Crippen molar-refractivity contribution in [3.8, 4) is 0 Å². The summed E-state index contributed by atoms with van der Waals surface area (Å²) in [6, 6.07) is 7.70. The Morgan fingerprint density at radius 2 is 2.08 bits per heavy atom. The summed E-state index contributed by atoms with van der Waals surface area (Å²) in [5.41, 5.74) is 1.90. The lowest BCUT2D eigenvalue weighted by Gasteiger charge is -2.15. The Labute approximate surface area is 149 Å². The number of thioether (sulfide) groups is 1. The molecule has 0 spiro atoms. The highest BCUT2D eigenvalue weighted by Gasteiger charge is 2.23. The molecule has 2 aromatic heterocycles. The van der Waals surface area contributed by atoms with E-state index in [0.717, 1.165) is 10.9 Å². The third-order valence-corrected chi connectivity index (χ3v) is 5.39. The molecule has 132 valence electrons. The SMILES string of the molecule is CCOC(=O)C(CC)Sc1nc2c([nH]c3ccccc32)c(=O)n1CC. The van der Waals surface area contributed by atoms with Gasteiger partial charge in [0.25, 0.3) is 5.56 Å². The number of hydrogen-bond donors (Lipinski definition) is 1. The second kappa shape index (κ2) is 7.31. The Balaban J connectivity index is 2.15. The largest absolute Gasteiger partial charge is 0.465 e. The number of hydrogen-bond acceptors (Lipinski definition) is 5. The third kappa shape index (κ3) is 3.16.